The van der Waals surface area contributed by atoms with Gasteiger partial charge in [0.25, 0.3) is 0 Å². The molecule has 0 spiro atoms. The molecule has 1 saturated heterocycles. The fraction of sp³-hybridized carbons (Fsp3) is 0.500. The lowest BCUT2D eigenvalue weighted by atomic mass is 10.0. The van der Waals surface area contributed by atoms with E-state index in [2.05, 4.69) is 10.0 Å². The first-order valence-corrected chi connectivity index (χ1v) is 7.32. The van der Waals surface area contributed by atoms with Crippen LogP contribution >= 0.6 is 0 Å². The first kappa shape index (κ1) is 13.5. The highest BCUT2D eigenvalue weighted by atomic mass is 32.2. The zero-order valence-corrected chi connectivity index (χ0v) is 11.3. The lowest BCUT2D eigenvalue weighted by Crippen LogP contribution is -2.47. The number of hydrogen-bond donors (Lipinski definition) is 2. The van der Waals surface area contributed by atoms with Crippen LogP contribution in [0.4, 0.5) is 4.39 Å². The maximum Gasteiger partial charge on any atom is 0.241 e. The number of aryl methyl sites for hydroxylation is 1. The van der Waals surface area contributed by atoms with Crippen LogP contribution < -0.4 is 10.0 Å². The minimum Gasteiger partial charge on any atom is -0.315 e. The van der Waals surface area contributed by atoms with Gasteiger partial charge < -0.3 is 5.32 Å². The molecule has 1 aliphatic rings. The molecule has 1 unspecified atom stereocenters. The molecule has 2 N–H and O–H groups in total. The molecule has 0 saturated carbocycles. The van der Waals surface area contributed by atoms with Crippen LogP contribution in [0.15, 0.2) is 23.1 Å². The van der Waals surface area contributed by atoms with Gasteiger partial charge in [0.2, 0.25) is 10.0 Å². The van der Waals surface area contributed by atoms with Crippen LogP contribution in [0, 0.1) is 12.7 Å². The van der Waals surface area contributed by atoms with E-state index in [0.29, 0.717) is 12.1 Å². The van der Waals surface area contributed by atoms with Gasteiger partial charge in [0.05, 0.1) is 4.90 Å². The van der Waals surface area contributed by atoms with Crippen molar-refractivity contribution < 1.29 is 12.8 Å². The first-order valence-electron chi connectivity index (χ1n) is 5.83. The maximum absolute atomic E-state index is 13.2. The van der Waals surface area contributed by atoms with E-state index in [1.807, 2.05) is 6.92 Å². The summed E-state index contributed by atoms with van der Waals surface area (Å²) in [4.78, 5) is 0.00984. The normalized spacial score (nSPS) is 24.4. The summed E-state index contributed by atoms with van der Waals surface area (Å²) in [6.45, 7) is 4.87. The molecule has 1 fully saturated rings. The van der Waals surface area contributed by atoms with Crippen molar-refractivity contribution in [2.75, 3.05) is 13.1 Å². The number of nitrogens with one attached hydrogen (secondary N) is 2. The Hall–Kier alpha value is -0.980. The lowest BCUT2D eigenvalue weighted by molar-refractivity contribution is 0.451. The van der Waals surface area contributed by atoms with Crippen LogP contribution in [0.5, 0.6) is 0 Å². The third-order valence-electron chi connectivity index (χ3n) is 3.19. The molecule has 1 aliphatic heterocycles. The van der Waals surface area contributed by atoms with E-state index in [1.165, 1.54) is 12.1 Å². The fourth-order valence-corrected chi connectivity index (χ4v) is 3.84. The average Bonchev–Trinajstić information content (AvgIpc) is 2.67. The van der Waals surface area contributed by atoms with Gasteiger partial charge in [-0.05, 0) is 44.5 Å². The summed E-state index contributed by atoms with van der Waals surface area (Å²) in [5, 5.41) is 3.11. The van der Waals surface area contributed by atoms with E-state index < -0.39 is 21.4 Å². The Labute approximate surface area is 107 Å². The monoisotopic (exact) mass is 272 g/mol. The molecular weight excluding hydrogens is 255 g/mol. The second-order valence-corrected chi connectivity index (χ2v) is 6.65. The molecule has 1 heterocycles. The average molecular weight is 272 g/mol. The molecule has 2 rings (SSSR count). The predicted octanol–water partition coefficient (Wildman–Crippen LogP) is 1.16. The van der Waals surface area contributed by atoms with Crippen molar-refractivity contribution in [3.05, 3.63) is 29.6 Å². The van der Waals surface area contributed by atoms with Crippen molar-refractivity contribution >= 4 is 10.0 Å². The van der Waals surface area contributed by atoms with Crippen molar-refractivity contribution in [1.82, 2.24) is 10.0 Å². The Balaban J connectivity index is 2.33. The van der Waals surface area contributed by atoms with E-state index in [9.17, 15) is 12.8 Å². The van der Waals surface area contributed by atoms with Gasteiger partial charge in [-0.25, -0.2) is 17.5 Å². The summed E-state index contributed by atoms with van der Waals surface area (Å²) in [7, 11) is -3.69. The summed E-state index contributed by atoms with van der Waals surface area (Å²) in [5.41, 5.74) is 0.0378. The summed E-state index contributed by atoms with van der Waals surface area (Å²) in [5.74, 6) is -0.546. The molecule has 4 nitrogen and oxygen atoms in total. The molecule has 18 heavy (non-hydrogen) atoms. The minimum atomic E-state index is -3.69. The van der Waals surface area contributed by atoms with Crippen LogP contribution in [0.3, 0.4) is 0 Å². The summed E-state index contributed by atoms with van der Waals surface area (Å²) in [6, 6.07) is 3.79. The van der Waals surface area contributed by atoms with Gasteiger partial charge in [-0.2, -0.15) is 0 Å². The number of sulfonamides is 1. The Morgan fingerprint density at radius 2 is 2.17 bits per heavy atom. The zero-order valence-electron chi connectivity index (χ0n) is 10.5. The highest BCUT2D eigenvalue weighted by Gasteiger charge is 2.34. The van der Waals surface area contributed by atoms with Gasteiger partial charge >= 0.3 is 0 Å². The standard InChI is InChI=1S/C12H17FN2O2S/c1-9-3-4-10(13)7-11(9)18(16,17)15-12(2)5-6-14-8-12/h3-4,7,14-15H,5-6,8H2,1-2H3. The zero-order chi connectivity index (χ0) is 13.4. The molecule has 100 valence electrons. The van der Waals surface area contributed by atoms with Crippen LogP contribution in [0.1, 0.15) is 18.9 Å². The van der Waals surface area contributed by atoms with E-state index in [1.54, 1.807) is 6.92 Å². The van der Waals surface area contributed by atoms with Crippen molar-refractivity contribution in [1.29, 1.82) is 0 Å². The molecule has 0 radical (unpaired) electrons. The third-order valence-corrected chi connectivity index (χ3v) is 4.97. The smallest absolute Gasteiger partial charge is 0.241 e. The SMILES string of the molecule is Cc1ccc(F)cc1S(=O)(=O)NC1(C)CCNC1. The number of hydrogen-bond acceptors (Lipinski definition) is 3. The lowest BCUT2D eigenvalue weighted by Gasteiger charge is -2.24. The molecule has 1 aromatic carbocycles. The van der Waals surface area contributed by atoms with Crippen molar-refractivity contribution in [3.63, 3.8) is 0 Å². The summed E-state index contributed by atoms with van der Waals surface area (Å²) in [6.07, 6.45) is 0.723. The first-order chi connectivity index (χ1) is 8.32. The van der Waals surface area contributed by atoms with Gasteiger partial charge in [-0.15, -0.1) is 0 Å². The van der Waals surface area contributed by atoms with E-state index in [0.717, 1.165) is 19.0 Å². The molecule has 1 aromatic rings. The molecule has 6 heteroatoms. The van der Waals surface area contributed by atoms with Gasteiger partial charge in [-0.1, -0.05) is 6.07 Å². The van der Waals surface area contributed by atoms with Crippen LogP contribution in [-0.2, 0) is 10.0 Å². The minimum absolute atomic E-state index is 0.00984. The second-order valence-electron chi connectivity index (χ2n) is 5.00. The number of rotatable bonds is 3. The van der Waals surface area contributed by atoms with Crippen LogP contribution in [-0.4, -0.2) is 27.0 Å². The largest absolute Gasteiger partial charge is 0.315 e. The van der Waals surface area contributed by atoms with E-state index >= 15 is 0 Å². The van der Waals surface area contributed by atoms with Gasteiger partial charge in [0.15, 0.2) is 0 Å². The molecule has 0 aliphatic carbocycles. The maximum atomic E-state index is 13.2. The molecule has 0 bridgehead atoms. The predicted molar refractivity (Wildman–Crippen MR) is 67.4 cm³/mol. The van der Waals surface area contributed by atoms with Crippen LogP contribution in [0.25, 0.3) is 0 Å². The van der Waals surface area contributed by atoms with E-state index in [4.69, 9.17) is 0 Å². The van der Waals surface area contributed by atoms with Crippen molar-refractivity contribution in [3.8, 4) is 0 Å². The van der Waals surface area contributed by atoms with E-state index in [-0.39, 0.29) is 4.90 Å². The van der Waals surface area contributed by atoms with Gasteiger partial charge in [0.1, 0.15) is 5.82 Å². The molecule has 0 amide bonds. The second kappa shape index (κ2) is 4.60. The van der Waals surface area contributed by atoms with Crippen molar-refractivity contribution in [2.24, 2.45) is 0 Å². The molecule has 0 aromatic heterocycles. The summed E-state index contributed by atoms with van der Waals surface area (Å²) >= 11 is 0. The quantitative estimate of drug-likeness (QED) is 0.868. The van der Waals surface area contributed by atoms with Gasteiger partial charge in [0, 0.05) is 12.1 Å². The third kappa shape index (κ3) is 2.71. The Kier molecular flexibility index (Phi) is 3.44. The number of halogens is 1. The highest BCUT2D eigenvalue weighted by Crippen LogP contribution is 2.21. The fourth-order valence-electron chi connectivity index (χ4n) is 2.15. The van der Waals surface area contributed by atoms with Gasteiger partial charge in [-0.3, -0.25) is 0 Å². The number of benzene rings is 1. The topological polar surface area (TPSA) is 58.2 Å². The Bertz CT molecular complexity index is 551. The van der Waals surface area contributed by atoms with Crippen molar-refractivity contribution in [2.45, 2.75) is 30.7 Å². The highest BCUT2D eigenvalue weighted by molar-refractivity contribution is 7.89. The molecular formula is C12H17FN2O2S. The Morgan fingerprint density at radius 3 is 2.78 bits per heavy atom. The molecule has 1 atom stereocenters. The van der Waals surface area contributed by atoms with Crippen LogP contribution in [0.2, 0.25) is 0 Å². The Morgan fingerprint density at radius 1 is 1.44 bits per heavy atom. The summed E-state index contributed by atoms with van der Waals surface area (Å²) < 4.78 is 40.4.